The van der Waals surface area contributed by atoms with Crippen LogP contribution in [-0.4, -0.2) is 73.2 Å². The van der Waals surface area contributed by atoms with E-state index in [1.807, 2.05) is 243 Å². The van der Waals surface area contributed by atoms with Crippen LogP contribution in [0.2, 0.25) is 4.34 Å². The van der Waals surface area contributed by atoms with Crippen molar-refractivity contribution in [1.82, 2.24) is 25.4 Å². The van der Waals surface area contributed by atoms with E-state index in [2.05, 4.69) is 20.8 Å². The van der Waals surface area contributed by atoms with Crippen molar-refractivity contribution in [3.63, 3.8) is 0 Å². The van der Waals surface area contributed by atoms with Crippen LogP contribution in [0, 0.1) is 5.92 Å². The number of nitrogens with one attached hydrogen (secondary N) is 2. The Hall–Kier alpha value is -9.52. The third-order valence-corrected chi connectivity index (χ3v) is 19.8. The average Bonchev–Trinajstić information content (AvgIpc) is 0.920. The number of hydrogen-bond donors (Lipinski definition) is 3. The number of aromatic nitrogens is 3. The van der Waals surface area contributed by atoms with Gasteiger partial charge in [-0.2, -0.15) is 0 Å². The second kappa shape index (κ2) is 25.1. The van der Waals surface area contributed by atoms with Crippen molar-refractivity contribution in [3.05, 3.63) is 308 Å². The van der Waals surface area contributed by atoms with Crippen molar-refractivity contribution in [1.29, 1.82) is 0 Å². The van der Waals surface area contributed by atoms with Crippen LogP contribution >= 0.6 is 46.0 Å². The number of oxime groups is 1. The molecule has 0 aliphatic carbocycles. The van der Waals surface area contributed by atoms with Crippen LogP contribution in [0.4, 0.5) is 10.3 Å². The van der Waals surface area contributed by atoms with Gasteiger partial charge in [-0.3, -0.25) is 24.2 Å². The van der Waals surface area contributed by atoms with Crippen LogP contribution < -0.4 is 15.5 Å². The highest BCUT2D eigenvalue weighted by molar-refractivity contribution is 8.04. The van der Waals surface area contributed by atoms with Crippen molar-refractivity contribution < 1.29 is 29.1 Å². The van der Waals surface area contributed by atoms with Gasteiger partial charge in [0.2, 0.25) is 16.6 Å². The molecular formula is C70H55ClN8O6S3. The summed E-state index contributed by atoms with van der Waals surface area (Å²) in [5.74, 6) is -3.94. The zero-order valence-electron chi connectivity index (χ0n) is 47.0. The van der Waals surface area contributed by atoms with E-state index in [1.54, 1.807) is 4.90 Å². The van der Waals surface area contributed by atoms with Gasteiger partial charge in [0.15, 0.2) is 15.2 Å². The summed E-state index contributed by atoms with van der Waals surface area (Å²) in [6, 6.07) is 76.2. The third-order valence-electron chi connectivity index (χ3n) is 16.4. The maximum atomic E-state index is 15.9. The molecule has 5 heterocycles. The van der Waals surface area contributed by atoms with Crippen molar-refractivity contribution in [2.24, 2.45) is 11.1 Å². The minimum Gasteiger partial charge on any atom is -0.477 e. The fourth-order valence-corrected chi connectivity index (χ4v) is 15.7. The second-order valence-corrected chi connectivity index (χ2v) is 25.3. The van der Waals surface area contributed by atoms with Crippen LogP contribution in [0.5, 0.6) is 0 Å². The zero-order chi connectivity index (χ0) is 60.2. The van der Waals surface area contributed by atoms with Crippen LogP contribution in [0.3, 0.4) is 0 Å². The van der Waals surface area contributed by atoms with Gasteiger partial charge in [0.05, 0.1) is 6.04 Å². The largest absolute Gasteiger partial charge is 0.477 e. The number of carboxylic acids is 1. The van der Waals surface area contributed by atoms with Crippen molar-refractivity contribution in [2.45, 2.75) is 52.7 Å². The number of allylic oxidation sites excluding steroid dienone is 1. The second-order valence-electron chi connectivity index (χ2n) is 21.4. The molecule has 436 valence electrons. The van der Waals surface area contributed by atoms with Crippen molar-refractivity contribution in [3.8, 4) is 0 Å². The van der Waals surface area contributed by atoms with Crippen LogP contribution in [-0.2, 0) is 35.2 Å². The van der Waals surface area contributed by atoms with E-state index < -0.39 is 52.8 Å². The number of thiazole rings is 1. The van der Waals surface area contributed by atoms with E-state index in [4.69, 9.17) is 26.6 Å². The lowest BCUT2D eigenvalue weighted by Gasteiger charge is -2.53. The van der Waals surface area contributed by atoms with Gasteiger partial charge < -0.3 is 20.6 Å². The van der Waals surface area contributed by atoms with Crippen molar-refractivity contribution >= 4 is 85.7 Å². The summed E-state index contributed by atoms with van der Waals surface area (Å²) in [5, 5.41) is 32.8. The topological polar surface area (TPSA) is 179 Å². The van der Waals surface area contributed by atoms with Gasteiger partial charge >= 0.3 is 5.97 Å². The molecule has 13 rings (SSSR count). The molecule has 18 heteroatoms. The van der Waals surface area contributed by atoms with Gasteiger partial charge in [0.25, 0.3) is 11.8 Å². The molecule has 0 saturated carbocycles. The molecule has 2 saturated heterocycles. The van der Waals surface area contributed by atoms with Gasteiger partial charge in [-0.1, -0.05) is 294 Å². The lowest BCUT2D eigenvalue weighted by molar-refractivity contribution is -0.156. The van der Waals surface area contributed by atoms with E-state index in [-0.39, 0.29) is 33.8 Å². The predicted octanol–water partition coefficient (Wildman–Crippen LogP) is 13.5. The minimum atomic E-state index is -1.47. The van der Waals surface area contributed by atoms with Crippen molar-refractivity contribution in [2.75, 3.05) is 16.8 Å². The number of aliphatic carboxylic acids is 1. The molecule has 2 fully saturated rings. The van der Waals surface area contributed by atoms with E-state index in [1.165, 1.54) is 16.2 Å². The molecule has 3 aliphatic rings. The van der Waals surface area contributed by atoms with Gasteiger partial charge in [0, 0.05) is 46.4 Å². The maximum absolute atomic E-state index is 15.9. The number of carbonyl (C=O) groups is 4. The molecule has 10 aromatic rings. The number of rotatable bonds is 20. The first-order valence-electron chi connectivity index (χ1n) is 28.7. The van der Waals surface area contributed by atoms with E-state index in [9.17, 15) is 14.7 Å². The third kappa shape index (κ3) is 10.8. The highest BCUT2D eigenvalue weighted by Crippen LogP contribution is 2.54. The van der Waals surface area contributed by atoms with Gasteiger partial charge in [-0.05, 0) is 40.7 Å². The molecule has 3 amide bonds. The molecule has 0 bridgehead atoms. The Balaban J connectivity index is 0.941. The Bertz CT molecular complexity index is 3970. The first-order valence-corrected chi connectivity index (χ1v) is 31.5. The zero-order valence-corrected chi connectivity index (χ0v) is 50.2. The van der Waals surface area contributed by atoms with E-state index in [0.717, 1.165) is 50.9 Å². The fraction of sp³-hybridized carbons (Fsp3) is 0.143. The minimum absolute atomic E-state index is 0.0342. The summed E-state index contributed by atoms with van der Waals surface area (Å²) in [4.78, 5) is 73.5. The smallest absolute Gasteiger partial charge is 0.353 e. The first kappa shape index (κ1) is 57.5. The maximum Gasteiger partial charge on any atom is 0.353 e. The highest BCUT2D eigenvalue weighted by Gasteiger charge is 2.57. The number of carbonyl (C=O) groups excluding carboxylic acids is 3. The number of halogens is 1. The number of anilines is 2. The Kier molecular flexibility index (Phi) is 16.4. The number of amides is 3. The van der Waals surface area contributed by atoms with Gasteiger partial charge in [-0.15, -0.1) is 10.2 Å². The lowest BCUT2D eigenvalue weighted by Crippen LogP contribution is -2.73. The van der Waals surface area contributed by atoms with Crippen LogP contribution in [0.25, 0.3) is 0 Å². The molecule has 0 radical (unpaired) electrons. The molecule has 0 spiro atoms. The molecule has 8 aromatic carbocycles. The number of carboxylic acid groups (broad SMARTS) is 1. The quantitative estimate of drug-likeness (QED) is 0.0217. The Morgan fingerprint density at radius 1 is 0.648 bits per heavy atom. The van der Waals surface area contributed by atoms with Gasteiger partial charge in [-0.25, -0.2) is 9.78 Å². The molecule has 3 unspecified atom stereocenters. The molecule has 14 nitrogen and oxygen atoms in total. The molecule has 3 atom stereocenters. The van der Waals surface area contributed by atoms with E-state index in [0.29, 0.717) is 55.6 Å². The number of thioether (sulfide) groups is 1. The summed E-state index contributed by atoms with van der Waals surface area (Å²) in [5.41, 5.74) is 3.47. The Labute approximate surface area is 525 Å². The monoisotopic (exact) mass is 1230 g/mol. The summed E-state index contributed by atoms with van der Waals surface area (Å²) in [6.45, 7) is 0.502. The van der Waals surface area contributed by atoms with Crippen LogP contribution in [0.1, 0.15) is 75.4 Å². The summed E-state index contributed by atoms with van der Waals surface area (Å²) >= 11 is 10.9. The number of nitrogens with zero attached hydrogens (tertiary/aromatic N) is 6. The summed E-state index contributed by atoms with van der Waals surface area (Å²) < 4.78 is 0.498. The van der Waals surface area contributed by atoms with Gasteiger partial charge in [0.1, 0.15) is 27.3 Å². The number of benzene rings is 8. The molecule has 3 N–H and O–H groups in total. The average molecular weight is 1240 g/mol. The molecule has 2 aromatic heterocycles. The number of hydrogen-bond acceptors (Lipinski definition) is 13. The number of β-lactam (4-membered cyclic amide) rings is 1. The summed E-state index contributed by atoms with van der Waals surface area (Å²) in [7, 11) is 0. The summed E-state index contributed by atoms with van der Waals surface area (Å²) in [6.07, 6.45) is 1.29. The fourth-order valence-electron chi connectivity index (χ4n) is 12.4. The van der Waals surface area contributed by atoms with E-state index >= 15 is 9.59 Å². The predicted molar refractivity (Wildman–Crippen MR) is 344 cm³/mol. The normalized spacial score (nSPS) is 16.9. The Morgan fingerprint density at radius 3 is 1.57 bits per heavy atom. The SMILES string of the molecule is O=C(O)C1=C(Sc2nnc(N3CCCC3=O)s2)C(C(c2ccccc2)c2ccccc2)CC2C(NC(=O)C(=NOC(c3ccccc3)(c3ccccc3)c3ccccc3)c3nc(NC(c4ccccc4)(c4ccccc4)c4ccccc4)sc3Cl)C(=O)N12. The highest BCUT2D eigenvalue weighted by atomic mass is 35.5. The Morgan fingerprint density at radius 2 is 1.11 bits per heavy atom. The standard InChI is InChI=1S/C70H55ClN8O6S3/c71-62-58(73-66(87-62)74-69(47-30-13-3-14-31-47,48-32-15-4-16-33-48)49-34-17-5-18-35-49)59(77-85-70(50-36-19-6-20-37-50,51-38-21-7-22-39-51)52-40-23-8-24-41-52)63(81)72-57-54-44-53(56(45-26-9-1-10-27-45)46-28-11-2-12-29-46)61(60(65(83)84)79(54)64(57)82)86-68-76-75-67(88-68)78-43-25-42-55(78)80/h1-24,26-41,53-54,56-57H,25,42-44H2,(H,72,81)(H,73,74)(H,83,84). The first-order chi connectivity index (χ1) is 43.1. The van der Waals surface area contributed by atoms with Crippen LogP contribution in [0.15, 0.2) is 263 Å². The molecule has 88 heavy (non-hydrogen) atoms. The molecular weight excluding hydrogens is 1180 g/mol. The lowest BCUT2D eigenvalue weighted by atomic mass is 9.71. The number of fused-ring (bicyclic) bond motifs is 1. The molecule has 3 aliphatic heterocycles.